The van der Waals surface area contributed by atoms with E-state index in [0.717, 1.165) is 17.5 Å². The topological polar surface area (TPSA) is 17.1 Å². The molecule has 1 aromatic rings. The summed E-state index contributed by atoms with van der Waals surface area (Å²) >= 11 is 0. The van der Waals surface area contributed by atoms with E-state index in [0.29, 0.717) is 0 Å². The summed E-state index contributed by atoms with van der Waals surface area (Å²) in [7, 11) is 0. The Kier molecular flexibility index (Phi) is 3.44. The van der Waals surface area contributed by atoms with Gasteiger partial charge in [0.25, 0.3) is 0 Å². The van der Waals surface area contributed by atoms with Crippen LogP contribution in [0.3, 0.4) is 0 Å². The van der Waals surface area contributed by atoms with Gasteiger partial charge in [-0.2, -0.15) is 0 Å². The standard InChI is InChI=1S/C12H14O/c1-3-4-8-11-9-6-5-7-10(2)12(11)13/h4-9H,3H2,1-2H3/b8-4-. The summed E-state index contributed by atoms with van der Waals surface area (Å²) in [4.78, 5) is 11.6. The van der Waals surface area contributed by atoms with Gasteiger partial charge in [0.15, 0.2) is 5.43 Å². The second-order valence-corrected chi connectivity index (χ2v) is 3.00. The summed E-state index contributed by atoms with van der Waals surface area (Å²) < 4.78 is 0. The molecule has 0 heterocycles. The zero-order chi connectivity index (χ0) is 9.68. The highest BCUT2D eigenvalue weighted by Gasteiger charge is 1.94. The molecule has 0 spiro atoms. The molecule has 0 aliphatic carbocycles. The summed E-state index contributed by atoms with van der Waals surface area (Å²) in [6, 6.07) is 7.47. The summed E-state index contributed by atoms with van der Waals surface area (Å²) in [5.74, 6) is 0. The van der Waals surface area contributed by atoms with Crippen LogP contribution in [0.4, 0.5) is 0 Å². The van der Waals surface area contributed by atoms with Gasteiger partial charge in [0.05, 0.1) is 0 Å². The number of aryl methyl sites for hydroxylation is 1. The molecule has 0 aromatic heterocycles. The fraction of sp³-hybridized carbons (Fsp3) is 0.250. The average molecular weight is 174 g/mol. The average Bonchev–Trinajstić information content (AvgIpc) is 2.28. The van der Waals surface area contributed by atoms with Crippen molar-refractivity contribution in [3.63, 3.8) is 0 Å². The fourth-order valence-electron chi connectivity index (χ4n) is 1.11. The van der Waals surface area contributed by atoms with Crippen molar-refractivity contribution < 1.29 is 0 Å². The van der Waals surface area contributed by atoms with Gasteiger partial charge in [-0.1, -0.05) is 43.3 Å². The minimum absolute atomic E-state index is 0.120. The number of rotatable bonds is 2. The molecular formula is C12H14O. The molecule has 0 unspecified atom stereocenters. The van der Waals surface area contributed by atoms with E-state index in [9.17, 15) is 4.79 Å². The van der Waals surface area contributed by atoms with Crippen LogP contribution in [0, 0.1) is 6.92 Å². The highest BCUT2D eigenvalue weighted by molar-refractivity contribution is 5.49. The first-order chi connectivity index (χ1) is 6.25. The van der Waals surface area contributed by atoms with E-state index in [2.05, 4.69) is 6.92 Å². The SMILES string of the molecule is CC/C=C\c1ccccc(C)c1=O. The minimum atomic E-state index is 0.120. The maximum atomic E-state index is 11.6. The van der Waals surface area contributed by atoms with E-state index < -0.39 is 0 Å². The molecule has 0 fully saturated rings. The molecule has 0 saturated heterocycles. The lowest BCUT2D eigenvalue weighted by Crippen LogP contribution is -2.03. The third kappa shape index (κ3) is 2.55. The van der Waals surface area contributed by atoms with Crippen molar-refractivity contribution >= 4 is 6.08 Å². The van der Waals surface area contributed by atoms with Gasteiger partial charge in [-0.15, -0.1) is 0 Å². The van der Waals surface area contributed by atoms with Crippen LogP contribution in [-0.4, -0.2) is 0 Å². The molecule has 0 N–H and O–H groups in total. The number of hydrogen-bond acceptors (Lipinski definition) is 1. The quantitative estimate of drug-likeness (QED) is 0.673. The Morgan fingerprint density at radius 1 is 1.31 bits per heavy atom. The normalized spacial score (nSPS) is 10.6. The molecule has 1 aromatic carbocycles. The summed E-state index contributed by atoms with van der Waals surface area (Å²) in [6.07, 6.45) is 4.84. The molecule has 0 aliphatic rings. The summed E-state index contributed by atoms with van der Waals surface area (Å²) in [6.45, 7) is 3.89. The van der Waals surface area contributed by atoms with Gasteiger partial charge in [0, 0.05) is 5.56 Å². The highest BCUT2D eigenvalue weighted by atomic mass is 16.1. The molecule has 0 radical (unpaired) electrons. The van der Waals surface area contributed by atoms with E-state index in [1.165, 1.54) is 0 Å². The highest BCUT2D eigenvalue weighted by Crippen LogP contribution is 1.97. The third-order valence-corrected chi connectivity index (χ3v) is 1.89. The molecule has 0 bridgehead atoms. The van der Waals surface area contributed by atoms with Crippen molar-refractivity contribution in [3.05, 3.63) is 51.7 Å². The molecule has 0 aliphatic heterocycles. The van der Waals surface area contributed by atoms with Crippen molar-refractivity contribution in [1.82, 2.24) is 0 Å². The monoisotopic (exact) mass is 174 g/mol. The van der Waals surface area contributed by atoms with Crippen molar-refractivity contribution in [2.45, 2.75) is 20.3 Å². The predicted octanol–water partition coefficient (Wildman–Crippen LogP) is 2.78. The van der Waals surface area contributed by atoms with Crippen molar-refractivity contribution in [1.29, 1.82) is 0 Å². The summed E-state index contributed by atoms with van der Waals surface area (Å²) in [5, 5.41) is 0. The first-order valence-electron chi connectivity index (χ1n) is 4.52. The van der Waals surface area contributed by atoms with Crippen LogP contribution >= 0.6 is 0 Å². The van der Waals surface area contributed by atoms with Crippen LogP contribution in [0.15, 0.2) is 35.1 Å². The molecule has 0 amide bonds. The second kappa shape index (κ2) is 4.61. The molecule has 0 atom stereocenters. The summed E-state index contributed by atoms with van der Waals surface area (Å²) in [5.41, 5.74) is 1.68. The lowest BCUT2D eigenvalue weighted by Gasteiger charge is -1.86. The Hall–Kier alpha value is -1.37. The van der Waals surface area contributed by atoms with Gasteiger partial charge in [-0.05, 0) is 18.9 Å². The largest absolute Gasteiger partial charge is 0.289 e. The van der Waals surface area contributed by atoms with E-state index in [4.69, 9.17) is 0 Å². The molecule has 13 heavy (non-hydrogen) atoms. The molecule has 1 heteroatoms. The van der Waals surface area contributed by atoms with Gasteiger partial charge in [0.2, 0.25) is 0 Å². The van der Waals surface area contributed by atoms with E-state index in [1.807, 2.05) is 43.3 Å². The maximum absolute atomic E-state index is 11.6. The first-order valence-corrected chi connectivity index (χ1v) is 4.52. The van der Waals surface area contributed by atoms with Gasteiger partial charge in [0.1, 0.15) is 0 Å². The van der Waals surface area contributed by atoms with Crippen molar-refractivity contribution in [3.8, 4) is 0 Å². The Morgan fingerprint density at radius 2 is 2.00 bits per heavy atom. The van der Waals surface area contributed by atoms with E-state index >= 15 is 0 Å². The van der Waals surface area contributed by atoms with Crippen LogP contribution in [0.2, 0.25) is 0 Å². The van der Waals surface area contributed by atoms with E-state index in [1.54, 1.807) is 0 Å². The first kappa shape index (κ1) is 9.72. The Bertz CT molecular complexity index is 364. The Balaban J connectivity index is 3.24. The predicted molar refractivity (Wildman–Crippen MR) is 56.8 cm³/mol. The van der Waals surface area contributed by atoms with Crippen molar-refractivity contribution in [2.24, 2.45) is 0 Å². The van der Waals surface area contributed by atoms with E-state index in [-0.39, 0.29) is 5.43 Å². The van der Waals surface area contributed by atoms with Crippen LogP contribution in [0.25, 0.3) is 6.08 Å². The second-order valence-electron chi connectivity index (χ2n) is 3.00. The van der Waals surface area contributed by atoms with Crippen molar-refractivity contribution in [2.75, 3.05) is 0 Å². The molecule has 1 nitrogen and oxygen atoms in total. The molecule has 68 valence electrons. The van der Waals surface area contributed by atoms with Gasteiger partial charge in [-0.25, -0.2) is 0 Å². The zero-order valence-electron chi connectivity index (χ0n) is 8.08. The minimum Gasteiger partial charge on any atom is -0.289 e. The third-order valence-electron chi connectivity index (χ3n) is 1.89. The van der Waals surface area contributed by atoms with Gasteiger partial charge in [-0.3, -0.25) is 4.79 Å². The van der Waals surface area contributed by atoms with Crippen LogP contribution in [0.1, 0.15) is 24.5 Å². The van der Waals surface area contributed by atoms with Crippen LogP contribution < -0.4 is 5.43 Å². The maximum Gasteiger partial charge on any atom is 0.188 e. The number of allylic oxidation sites excluding steroid dienone is 1. The lowest BCUT2D eigenvalue weighted by atomic mass is 10.2. The Labute approximate surface area is 78.7 Å². The van der Waals surface area contributed by atoms with Gasteiger partial charge < -0.3 is 0 Å². The smallest absolute Gasteiger partial charge is 0.188 e. The Morgan fingerprint density at radius 3 is 2.69 bits per heavy atom. The molecule has 0 saturated carbocycles. The fourth-order valence-corrected chi connectivity index (χ4v) is 1.11. The number of hydrogen-bond donors (Lipinski definition) is 0. The van der Waals surface area contributed by atoms with Crippen LogP contribution in [-0.2, 0) is 0 Å². The lowest BCUT2D eigenvalue weighted by molar-refractivity contribution is 1.23. The molecule has 1 rings (SSSR count). The van der Waals surface area contributed by atoms with Gasteiger partial charge >= 0.3 is 0 Å². The molecular weight excluding hydrogens is 160 g/mol. The zero-order valence-corrected chi connectivity index (χ0v) is 8.08. The van der Waals surface area contributed by atoms with Crippen LogP contribution in [0.5, 0.6) is 0 Å².